The minimum atomic E-state index is -0.366. The zero-order valence-corrected chi connectivity index (χ0v) is 15.9. The zero-order valence-electron chi connectivity index (χ0n) is 14.3. The van der Waals surface area contributed by atoms with Crippen molar-refractivity contribution in [3.05, 3.63) is 69.9 Å². The minimum Gasteiger partial charge on any atom is -0.491 e. The van der Waals surface area contributed by atoms with Gasteiger partial charge in [0, 0.05) is 22.3 Å². The van der Waals surface area contributed by atoms with E-state index in [9.17, 15) is 0 Å². The van der Waals surface area contributed by atoms with Crippen LogP contribution < -0.4 is 14.2 Å². The van der Waals surface area contributed by atoms with Crippen molar-refractivity contribution in [2.45, 2.75) is 11.2 Å². The molecule has 3 aromatic rings. The molecule has 0 fully saturated rings. The third-order valence-electron chi connectivity index (χ3n) is 5.26. The third kappa shape index (κ3) is 2.20. The highest BCUT2D eigenvalue weighted by molar-refractivity contribution is 8.13. The molecule has 0 N–H and O–H groups in total. The first-order valence-electron chi connectivity index (χ1n) is 8.75. The van der Waals surface area contributed by atoms with Crippen LogP contribution in [0.1, 0.15) is 16.0 Å². The van der Waals surface area contributed by atoms with Gasteiger partial charge in [0.05, 0.1) is 10.7 Å². The van der Waals surface area contributed by atoms with Gasteiger partial charge in [-0.3, -0.25) is 0 Å². The van der Waals surface area contributed by atoms with Crippen LogP contribution in [0, 0.1) is 0 Å². The predicted octanol–water partition coefficient (Wildman–Crippen LogP) is 5.13. The van der Waals surface area contributed by atoms with E-state index >= 15 is 0 Å². The first-order valence-corrected chi connectivity index (χ1v) is 10.6. The van der Waals surface area contributed by atoms with Gasteiger partial charge in [-0.2, -0.15) is 0 Å². The van der Waals surface area contributed by atoms with Gasteiger partial charge in [0.25, 0.3) is 0 Å². The summed E-state index contributed by atoms with van der Waals surface area (Å²) in [5.74, 6) is 3.30. The number of para-hydroxylation sites is 1. The second-order valence-corrected chi connectivity index (χ2v) is 8.69. The van der Waals surface area contributed by atoms with E-state index in [2.05, 4.69) is 41.8 Å². The van der Waals surface area contributed by atoms with Crippen LogP contribution in [-0.2, 0) is 11.2 Å². The second kappa shape index (κ2) is 5.78. The van der Waals surface area contributed by atoms with Crippen LogP contribution in [0.5, 0.6) is 17.2 Å². The molecular weight excluding hydrogens is 378 g/mol. The number of hydrogen-bond acceptors (Lipinski definition) is 6. The molecular formula is C21H15NO3S2. The number of fused-ring (bicyclic) bond motifs is 5. The molecule has 1 unspecified atom stereocenters. The van der Waals surface area contributed by atoms with Gasteiger partial charge in [-0.15, -0.1) is 23.1 Å². The molecule has 134 valence electrons. The van der Waals surface area contributed by atoms with Crippen molar-refractivity contribution in [3.63, 3.8) is 0 Å². The summed E-state index contributed by atoms with van der Waals surface area (Å²) in [6, 6.07) is 16.7. The quantitative estimate of drug-likeness (QED) is 0.605. The predicted molar refractivity (Wildman–Crippen MR) is 108 cm³/mol. The maximum atomic E-state index is 6.16. The van der Waals surface area contributed by atoms with Crippen LogP contribution >= 0.6 is 23.1 Å². The number of thiophene rings is 1. The normalized spacial score (nSPS) is 21.1. The lowest BCUT2D eigenvalue weighted by Gasteiger charge is -2.25. The number of rotatable bonds is 2. The largest absolute Gasteiger partial charge is 0.491 e. The Morgan fingerprint density at radius 1 is 0.963 bits per heavy atom. The first kappa shape index (κ1) is 15.6. The van der Waals surface area contributed by atoms with Crippen LogP contribution in [0.3, 0.4) is 0 Å². The van der Waals surface area contributed by atoms with Crippen LogP contribution in [0.4, 0.5) is 5.69 Å². The number of ether oxygens (including phenoxy) is 3. The van der Waals surface area contributed by atoms with E-state index in [1.807, 2.05) is 12.1 Å². The monoisotopic (exact) mass is 393 g/mol. The molecule has 3 aliphatic rings. The molecule has 1 atom stereocenters. The summed E-state index contributed by atoms with van der Waals surface area (Å²) >= 11 is 3.58. The lowest BCUT2D eigenvalue weighted by atomic mass is 9.77. The van der Waals surface area contributed by atoms with Gasteiger partial charge in [0.2, 0.25) is 6.79 Å². The average Bonchev–Trinajstić information content (AvgIpc) is 3.47. The van der Waals surface area contributed by atoms with Gasteiger partial charge in [-0.05, 0) is 29.1 Å². The highest BCUT2D eigenvalue weighted by atomic mass is 32.2. The highest BCUT2D eigenvalue weighted by Crippen LogP contribution is 2.56. The number of hydrogen-bond donors (Lipinski definition) is 0. The average molecular weight is 393 g/mol. The third-order valence-corrected chi connectivity index (χ3v) is 7.49. The molecule has 0 bridgehead atoms. The molecule has 3 aliphatic heterocycles. The smallest absolute Gasteiger partial charge is 0.231 e. The molecule has 6 heteroatoms. The molecule has 1 aromatic heterocycles. The number of nitrogens with zero attached hydrogens (tertiary/aromatic N) is 1. The fraction of sp³-hybridized carbons (Fsp3) is 0.190. The summed E-state index contributed by atoms with van der Waals surface area (Å²) in [4.78, 5) is 6.36. The number of aliphatic imine (C=N–C) groups is 1. The van der Waals surface area contributed by atoms with Crippen molar-refractivity contribution in [1.82, 2.24) is 0 Å². The van der Waals surface area contributed by atoms with E-state index in [1.54, 1.807) is 23.1 Å². The minimum absolute atomic E-state index is 0.260. The summed E-state index contributed by atoms with van der Waals surface area (Å²) < 4.78 is 17.3. The molecule has 4 heterocycles. The first-order chi connectivity index (χ1) is 13.3. The molecule has 0 radical (unpaired) electrons. The standard InChI is InChI=1S/C21H15NO3S2/c1-2-6-16-14(5-1)21(20(22-16)27-10-13-4-3-7-26-13)11-23-17-9-19-18(8-15(17)21)24-12-25-19/h1-9H,10-12H2. The van der Waals surface area contributed by atoms with Crippen LogP contribution in [0.2, 0.25) is 0 Å². The Morgan fingerprint density at radius 3 is 2.74 bits per heavy atom. The number of benzene rings is 2. The summed E-state index contributed by atoms with van der Waals surface area (Å²) in [5.41, 5.74) is 2.99. The van der Waals surface area contributed by atoms with Gasteiger partial charge in [-0.25, -0.2) is 4.99 Å². The zero-order chi connectivity index (χ0) is 17.8. The van der Waals surface area contributed by atoms with Crippen LogP contribution in [-0.4, -0.2) is 18.4 Å². The van der Waals surface area contributed by atoms with Gasteiger partial charge in [0.15, 0.2) is 11.5 Å². The summed E-state index contributed by atoms with van der Waals surface area (Å²) in [6.45, 7) is 0.814. The van der Waals surface area contributed by atoms with Crippen LogP contribution in [0.15, 0.2) is 58.9 Å². The summed E-state index contributed by atoms with van der Waals surface area (Å²) in [5, 5.41) is 3.21. The molecule has 2 aromatic carbocycles. The Labute approximate surface area is 164 Å². The SMILES string of the molecule is c1csc(CSC2=Nc3ccccc3C23COc2cc4c(cc23)OCO4)c1. The van der Waals surface area contributed by atoms with Gasteiger partial charge in [-0.1, -0.05) is 24.3 Å². The summed E-state index contributed by atoms with van der Waals surface area (Å²) in [7, 11) is 0. The second-order valence-electron chi connectivity index (χ2n) is 6.70. The van der Waals surface area contributed by atoms with Crippen molar-refractivity contribution in [2.75, 3.05) is 13.4 Å². The molecule has 4 nitrogen and oxygen atoms in total. The van der Waals surface area contributed by atoms with Crippen molar-refractivity contribution in [3.8, 4) is 17.2 Å². The van der Waals surface area contributed by atoms with E-state index in [4.69, 9.17) is 19.2 Å². The van der Waals surface area contributed by atoms with E-state index in [0.717, 1.165) is 39.3 Å². The fourth-order valence-corrected chi connectivity index (χ4v) is 5.98. The highest BCUT2D eigenvalue weighted by Gasteiger charge is 2.51. The van der Waals surface area contributed by atoms with Crippen LogP contribution in [0.25, 0.3) is 0 Å². The number of thioether (sulfide) groups is 1. The maximum absolute atomic E-state index is 6.16. The van der Waals surface area contributed by atoms with Crippen molar-refractivity contribution < 1.29 is 14.2 Å². The Hall–Kier alpha value is -2.44. The van der Waals surface area contributed by atoms with E-state index in [0.29, 0.717) is 6.61 Å². The summed E-state index contributed by atoms with van der Waals surface area (Å²) in [6.07, 6.45) is 0. The van der Waals surface area contributed by atoms with Crippen molar-refractivity contribution >= 4 is 33.8 Å². The molecule has 27 heavy (non-hydrogen) atoms. The molecule has 6 rings (SSSR count). The Kier molecular flexibility index (Phi) is 3.34. The Morgan fingerprint density at radius 2 is 1.85 bits per heavy atom. The molecule has 0 saturated carbocycles. The van der Waals surface area contributed by atoms with Gasteiger partial charge in [0.1, 0.15) is 17.8 Å². The molecule has 0 amide bonds. The van der Waals surface area contributed by atoms with Gasteiger partial charge < -0.3 is 14.2 Å². The van der Waals surface area contributed by atoms with E-state index in [-0.39, 0.29) is 12.2 Å². The van der Waals surface area contributed by atoms with Gasteiger partial charge >= 0.3 is 0 Å². The maximum Gasteiger partial charge on any atom is 0.231 e. The van der Waals surface area contributed by atoms with E-state index < -0.39 is 0 Å². The Balaban J connectivity index is 1.49. The Bertz CT molecular complexity index is 1080. The fourth-order valence-electron chi connectivity index (χ4n) is 3.98. The van der Waals surface area contributed by atoms with Crippen molar-refractivity contribution in [2.24, 2.45) is 4.99 Å². The van der Waals surface area contributed by atoms with Crippen molar-refractivity contribution in [1.29, 1.82) is 0 Å². The van der Waals surface area contributed by atoms with E-state index in [1.165, 1.54) is 10.4 Å². The lowest BCUT2D eigenvalue weighted by molar-refractivity contribution is 0.173. The topological polar surface area (TPSA) is 40.0 Å². The lowest BCUT2D eigenvalue weighted by Crippen LogP contribution is -2.34. The molecule has 1 spiro atoms. The molecule has 0 saturated heterocycles. The molecule has 0 aliphatic carbocycles.